The van der Waals surface area contributed by atoms with Crippen molar-refractivity contribution in [2.75, 3.05) is 0 Å². The minimum atomic E-state index is -0.0721. The van der Waals surface area contributed by atoms with Gasteiger partial charge in [0.1, 0.15) is 12.4 Å². The highest BCUT2D eigenvalue weighted by atomic mass is 35.5. The molecular formula is C16H17ClN2O2. The molecule has 0 atom stereocenters. The lowest BCUT2D eigenvalue weighted by molar-refractivity contribution is 0.302. The van der Waals surface area contributed by atoms with E-state index < -0.39 is 0 Å². The zero-order chi connectivity index (χ0) is 15.4. The maximum absolute atomic E-state index is 8.86. The van der Waals surface area contributed by atoms with Gasteiger partial charge in [-0.2, -0.15) is 0 Å². The largest absolute Gasteiger partial charge is 0.488 e. The third-order valence-electron chi connectivity index (χ3n) is 3.36. The minimum Gasteiger partial charge on any atom is -0.488 e. The molecule has 0 amide bonds. The number of nitrogens with two attached hydrogens (primary N) is 1. The van der Waals surface area contributed by atoms with E-state index in [4.69, 9.17) is 27.3 Å². The number of aryl methyl sites for hydroxylation is 2. The highest BCUT2D eigenvalue weighted by Crippen LogP contribution is 2.27. The number of ether oxygens (including phenoxy) is 1. The first-order chi connectivity index (χ1) is 10.0. The lowest BCUT2D eigenvalue weighted by atomic mass is 10.0. The van der Waals surface area contributed by atoms with Crippen molar-refractivity contribution in [2.24, 2.45) is 10.9 Å². The van der Waals surface area contributed by atoms with E-state index in [1.54, 1.807) is 18.2 Å². The van der Waals surface area contributed by atoms with Crippen molar-refractivity contribution < 1.29 is 9.94 Å². The van der Waals surface area contributed by atoms with Gasteiger partial charge >= 0.3 is 0 Å². The predicted molar refractivity (Wildman–Crippen MR) is 84.2 cm³/mol. The van der Waals surface area contributed by atoms with Crippen LogP contribution in [0.25, 0.3) is 0 Å². The number of halogens is 1. The van der Waals surface area contributed by atoms with E-state index in [-0.39, 0.29) is 5.84 Å². The maximum atomic E-state index is 8.86. The van der Waals surface area contributed by atoms with Crippen molar-refractivity contribution in [2.45, 2.75) is 20.5 Å². The van der Waals surface area contributed by atoms with Gasteiger partial charge in [0, 0.05) is 0 Å². The summed E-state index contributed by atoms with van der Waals surface area (Å²) in [5.41, 5.74) is 9.48. The lowest BCUT2D eigenvalue weighted by Crippen LogP contribution is -2.15. The van der Waals surface area contributed by atoms with Gasteiger partial charge in [-0.15, -0.1) is 0 Å². The average Bonchev–Trinajstić information content (AvgIpc) is 2.46. The minimum absolute atomic E-state index is 0.0721. The molecule has 0 saturated heterocycles. The van der Waals surface area contributed by atoms with Crippen LogP contribution in [0, 0.1) is 13.8 Å². The summed E-state index contributed by atoms with van der Waals surface area (Å²) in [6, 6.07) is 11.3. The normalized spacial score (nSPS) is 11.5. The van der Waals surface area contributed by atoms with E-state index >= 15 is 0 Å². The zero-order valence-electron chi connectivity index (χ0n) is 11.9. The van der Waals surface area contributed by atoms with Gasteiger partial charge in [0.25, 0.3) is 0 Å². The monoisotopic (exact) mass is 304 g/mol. The van der Waals surface area contributed by atoms with E-state index in [0.717, 1.165) is 16.7 Å². The Morgan fingerprint density at radius 1 is 1.19 bits per heavy atom. The Hall–Kier alpha value is -2.20. The third kappa shape index (κ3) is 3.28. The van der Waals surface area contributed by atoms with Gasteiger partial charge in [0.15, 0.2) is 5.84 Å². The third-order valence-corrected chi connectivity index (χ3v) is 3.67. The van der Waals surface area contributed by atoms with Crippen LogP contribution >= 0.6 is 11.6 Å². The highest BCUT2D eigenvalue weighted by Gasteiger charge is 2.13. The molecule has 0 heterocycles. The molecule has 0 aliphatic heterocycles. The number of amidine groups is 1. The smallest absolute Gasteiger partial charge is 0.175 e. The molecule has 5 heteroatoms. The second kappa shape index (κ2) is 6.50. The molecule has 0 bridgehead atoms. The van der Waals surface area contributed by atoms with Gasteiger partial charge < -0.3 is 15.7 Å². The Labute approximate surface area is 128 Å². The summed E-state index contributed by atoms with van der Waals surface area (Å²) in [6.07, 6.45) is 0. The number of nitrogens with zero attached hydrogens (tertiary/aromatic N) is 1. The van der Waals surface area contributed by atoms with E-state index in [9.17, 15) is 0 Å². The molecule has 2 aromatic carbocycles. The van der Waals surface area contributed by atoms with Crippen molar-refractivity contribution in [1.82, 2.24) is 0 Å². The molecule has 0 spiro atoms. The van der Waals surface area contributed by atoms with Gasteiger partial charge in [-0.05, 0) is 42.7 Å². The van der Waals surface area contributed by atoms with Gasteiger partial charge in [-0.3, -0.25) is 0 Å². The number of oxime groups is 1. The fraction of sp³-hybridized carbons (Fsp3) is 0.188. The summed E-state index contributed by atoms with van der Waals surface area (Å²) in [7, 11) is 0. The van der Waals surface area contributed by atoms with Crippen LogP contribution in [-0.2, 0) is 6.61 Å². The maximum Gasteiger partial charge on any atom is 0.175 e. The fourth-order valence-corrected chi connectivity index (χ4v) is 2.41. The Morgan fingerprint density at radius 3 is 2.43 bits per heavy atom. The summed E-state index contributed by atoms with van der Waals surface area (Å²) in [4.78, 5) is 0. The van der Waals surface area contributed by atoms with E-state index in [2.05, 4.69) is 5.16 Å². The van der Waals surface area contributed by atoms with Crippen LogP contribution in [0.1, 0.15) is 22.3 Å². The van der Waals surface area contributed by atoms with Gasteiger partial charge in [-0.1, -0.05) is 41.0 Å². The molecule has 0 fully saturated rings. The van der Waals surface area contributed by atoms with Crippen molar-refractivity contribution in [3.8, 4) is 5.75 Å². The first-order valence-corrected chi connectivity index (χ1v) is 6.86. The molecule has 21 heavy (non-hydrogen) atoms. The summed E-state index contributed by atoms with van der Waals surface area (Å²) >= 11 is 6.10. The van der Waals surface area contributed by atoms with Crippen LogP contribution in [0.3, 0.4) is 0 Å². The SMILES string of the molecule is Cc1cccc(C)c1COc1cccc(Cl)c1/C(N)=N/O. The standard InChI is InChI=1S/C16H17ClN2O2/c1-10-5-3-6-11(2)12(10)9-21-14-8-4-7-13(17)15(14)16(18)19-20/h3-8,20H,9H2,1-2H3,(H2,18,19). The van der Waals surface area contributed by atoms with Crippen LogP contribution < -0.4 is 10.5 Å². The number of hydrogen-bond donors (Lipinski definition) is 2. The highest BCUT2D eigenvalue weighted by molar-refractivity contribution is 6.34. The molecule has 0 saturated carbocycles. The van der Waals surface area contributed by atoms with Crippen molar-refractivity contribution in [3.63, 3.8) is 0 Å². The van der Waals surface area contributed by atoms with E-state index in [1.807, 2.05) is 32.0 Å². The second-order valence-electron chi connectivity index (χ2n) is 4.76. The first-order valence-electron chi connectivity index (χ1n) is 6.49. The van der Waals surface area contributed by atoms with Crippen molar-refractivity contribution >= 4 is 17.4 Å². The average molecular weight is 305 g/mol. The zero-order valence-corrected chi connectivity index (χ0v) is 12.7. The van der Waals surface area contributed by atoms with Crippen molar-refractivity contribution in [1.29, 1.82) is 0 Å². The lowest BCUT2D eigenvalue weighted by Gasteiger charge is -2.14. The van der Waals surface area contributed by atoms with Crippen LogP contribution in [0.15, 0.2) is 41.6 Å². The molecule has 0 unspecified atom stereocenters. The summed E-state index contributed by atoms with van der Waals surface area (Å²) in [5, 5.41) is 12.2. The number of rotatable bonds is 4. The molecule has 0 aromatic heterocycles. The Morgan fingerprint density at radius 2 is 1.81 bits per heavy atom. The Bertz CT molecular complexity index is 664. The topological polar surface area (TPSA) is 67.8 Å². The molecule has 0 aliphatic carbocycles. The quantitative estimate of drug-likeness (QED) is 0.392. The number of benzene rings is 2. The van der Waals surface area contributed by atoms with Crippen LogP contribution in [0.2, 0.25) is 5.02 Å². The van der Waals surface area contributed by atoms with Gasteiger partial charge in [0.2, 0.25) is 0 Å². The molecule has 0 radical (unpaired) electrons. The van der Waals surface area contributed by atoms with Crippen LogP contribution in [0.5, 0.6) is 5.75 Å². The molecular weight excluding hydrogens is 288 g/mol. The van der Waals surface area contributed by atoms with E-state index in [0.29, 0.717) is 22.9 Å². The Kier molecular flexibility index (Phi) is 4.70. The second-order valence-corrected chi connectivity index (χ2v) is 5.16. The molecule has 110 valence electrons. The van der Waals surface area contributed by atoms with Gasteiger partial charge in [-0.25, -0.2) is 0 Å². The van der Waals surface area contributed by atoms with Crippen LogP contribution in [0.4, 0.5) is 0 Å². The fourth-order valence-electron chi connectivity index (χ4n) is 2.15. The Balaban J connectivity index is 2.31. The molecule has 2 aromatic rings. The summed E-state index contributed by atoms with van der Waals surface area (Å²) < 4.78 is 5.83. The summed E-state index contributed by atoms with van der Waals surface area (Å²) in [5.74, 6) is 0.414. The number of hydrogen-bond acceptors (Lipinski definition) is 3. The predicted octanol–water partition coefficient (Wildman–Crippen LogP) is 3.63. The first kappa shape index (κ1) is 15.2. The molecule has 4 nitrogen and oxygen atoms in total. The van der Waals surface area contributed by atoms with E-state index in [1.165, 1.54) is 0 Å². The molecule has 2 rings (SSSR count). The van der Waals surface area contributed by atoms with Crippen LogP contribution in [-0.4, -0.2) is 11.0 Å². The van der Waals surface area contributed by atoms with Gasteiger partial charge in [0.05, 0.1) is 10.6 Å². The molecule has 3 N–H and O–H groups in total. The molecule has 0 aliphatic rings. The summed E-state index contributed by atoms with van der Waals surface area (Å²) in [6.45, 7) is 4.47. The van der Waals surface area contributed by atoms with Crippen molar-refractivity contribution in [3.05, 3.63) is 63.7 Å².